The summed E-state index contributed by atoms with van der Waals surface area (Å²) in [4.78, 5) is 5.77. The second-order valence-corrected chi connectivity index (χ2v) is 1.37. The molecule has 1 aliphatic heterocycles. The molecule has 0 saturated heterocycles. The maximum absolute atomic E-state index is 3.93. The fraction of sp³-hybridized carbons (Fsp3) is 0.400. The van der Waals surface area contributed by atoms with Gasteiger partial charge in [0.15, 0.2) is 0 Å². The van der Waals surface area contributed by atoms with Gasteiger partial charge in [-0.05, 0) is 0 Å². The maximum atomic E-state index is 3.93. The van der Waals surface area contributed by atoms with Crippen molar-refractivity contribution in [2.24, 2.45) is 4.99 Å². The van der Waals surface area contributed by atoms with Crippen LogP contribution in [-0.2, 0) is 0 Å². The van der Waals surface area contributed by atoms with Crippen molar-refractivity contribution in [1.29, 1.82) is 0 Å². The highest BCUT2D eigenvalue weighted by atomic mass is 15.2. The summed E-state index contributed by atoms with van der Waals surface area (Å²) < 4.78 is 0. The minimum Gasteiger partial charge on any atom is -0.330 e. The van der Waals surface area contributed by atoms with Gasteiger partial charge in [0.2, 0.25) is 0 Å². The zero-order valence-corrected chi connectivity index (χ0v) is 4.09. The summed E-state index contributed by atoms with van der Waals surface area (Å²) in [5.41, 5.74) is 0. The highest BCUT2D eigenvalue weighted by molar-refractivity contribution is 5.57. The molecular formula is C5H7N2. The predicted octanol–water partition coefficient (Wildman–Crippen LogP) is 0.277. The Morgan fingerprint density at radius 3 is 3.00 bits per heavy atom. The Kier molecular flexibility index (Phi) is 1.11. The van der Waals surface area contributed by atoms with Crippen LogP contribution in [0.1, 0.15) is 0 Å². The fourth-order valence-electron chi connectivity index (χ4n) is 0.499. The van der Waals surface area contributed by atoms with Gasteiger partial charge in [0.25, 0.3) is 0 Å². The maximum Gasteiger partial charge on any atom is 0.0896 e. The molecule has 0 saturated carbocycles. The second-order valence-electron chi connectivity index (χ2n) is 1.37. The predicted molar refractivity (Wildman–Crippen MR) is 28.9 cm³/mol. The summed E-state index contributed by atoms with van der Waals surface area (Å²) in [7, 11) is 0. The molecule has 0 N–H and O–H groups in total. The van der Waals surface area contributed by atoms with E-state index in [1.165, 1.54) is 0 Å². The zero-order valence-electron chi connectivity index (χ0n) is 4.09. The summed E-state index contributed by atoms with van der Waals surface area (Å²) >= 11 is 0. The lowest BCUT2D eigenvalue weighted by Crippen LogP contribution is -2.10. The Balaban J connectivity index is 2.42. The minimum absolute atomic E-state index is 0.891. The zero-order chi connectivity index (χ0) is 5.11. The van der Waals surface area contributed by atoms with Gasteiger partial charge in [-0.15, -0.1) is 0 Å². The van der Waals surface area contributed by atoms with Crippen molar-refractivity contribution < 1.29 is 0 Å². The van der Waals surface area contributed by atoms with E-state index in [0.29, 0.717) is 0 Å². The normalized spacial score (nSPS) is 18.0. The van der Waals surface area contributed by atoms with E-state index >= 15 is 0 Å². The van der Waals surface area contributed by atoms with Crippen LogP contribution in [0.5, 0.6) is 0 Å². The van der Waals surface area contributed by atoms with Crippen molar-refractivity contribution >= 4 is 6.34 Å². The van der Waals surface area contributed by atoms with Crippen molar-refractivity contribution in [1.82, 2.24) is 4.90 Å². The van der Waals surface area contributed by atoms with E-state index in [1.54, 1.807) is 6.34 Å². The van der Waals surface area contributed by atoms with E-state index in [9.17, 15) is 0 Å². The van der Waals surface area contributed by atoms with Crippen LogP contribution >= 0.6 is 0 Å². The van der Waals surface area contributed by atoms with Crippen molar-refractivity contribution in [3.63, 3.8) is 0 Å². The monoisotopic (exact) mass is 95.1 g/mol. The van der Waals surface area contributed by atoms with E-state index in [4.69, 9.17) is 0 Å². The molecule has 0 spiro atoms. The molecule has 0 fully saturated rings. The van der Waals surface area contributed by atoms with Gasteiger partial charge in [0.1, 0.15) is 0 Å². The third-order valence-corrected chi connectivity index (χ3v) is 0.894. The summed E-state index contributed by atoms with van der Waals surface area (Å²) in [6.07, 6.45) is 4.44. The second kappa shape index (κ2) is 1.78. The van der Waals surface area contributed by atoms with Crippen LogP contribution in [-0.4, -0.2) is 24.3 Å². The standard InChI is InChI=1S/C5H7N2/c1-2-7-4-3-6-5-7/h5H,1,3-4H2. The lowest BCUT2D eigenvalue weighted by atomic mass is 10.6. The lowest BCUT2D eigenvalue weighted by molar-refractivity contribution is 0.603. The fourth-order valence-corrected chi connectivity index (χ4v) is 0.499. The first-order valence-corrected chi connectivity index (χ1v) is 2.23. The number of hydrogen-bond acceptors (Lipinski definition) is 2. The first-order chi connectivity index (χ1) is 3.43. The van der Waals surface area contributed by atoms with E-state index in [2.05, 4.69) is 17.8 Å². The molecule has 0 bridgehead atoms. The lowest BCUT2D eigenvalue weighted by Gasteiger charge is -2.00. The Morgan fingerprint density at radius 1 is 1.86 bits per heavy atom. The summed E-state index contributed by atoms with van der Waals surface area (Å²) in [6.45, 7) is 5.29. The summed E-state index contributed by atoms with van der Waals surface area (Å²) in [5, 5.41) is 0. The van der Waals surface area contributed by atoms with Crippen LogP contribution in [0.3, 0.4) is 0 Å². The molecule has 1 radical (unpaired) electrons. The third-order valence-electron chi connectivity index (χ3n) is 0.894. The molecule has 37 valence electrons. The molecule has 2 nitrogen and oxygen atoms in total. The molecule has 1 rings (SSSR count). The third kappa shape index (κ3) is 0.796. The van der Waals surface area contributed by atoms with Gasteiger partial charge in [0.05, 0.1) is 19.1 Å². The molecule has 0 amide bonds. The van der Waals surface area contributed by atoms with Crippen LogP contribution in [0.15, 0.2) is 11.6 Å². The van der Waals surface area contributed by atoms with Gasteiger partial charge in [-0.1, -0.05) is 6.58 Å². The largest absolute Gasteiger partial charge is 0.330 e. The Hall–Kier alpha value is -0.790. The van der Waals surface area contributed by atoms with Gasteiger partial charge in [-0.25, -0.2) is 0 Å². The van der Waals surface area contributed by atoms with Crippen LogP contribution < -0.4 is 0 Å². The van der Waals surface area contributed by atoms with Crippen molar-refractivity contribution in [2.45, 2.75) is 0 Å². The van der Waals surface area contributed by atoms with E-state index in [0.717, 1.165) is 13.1 Å². The van der Waals surface area contributed by atoms with Gasteiger partial charge in [-0.3, -0.25) is 4.99 Å². The van der Waals surface area contributed by atoms with Crippen LogP contribution in [0.2, 0.25) is 0 Å². The number of hydrogen-bond donors (Lipinski definition) is 0. The average molecular weight is 95.1 g/mol. The van der Waals surface area contributed by atoms with Crippen LogP contribution in [0.4, 0.5) is 0 Å². The number of rotatable bonds is 1. The number of aliphatic imine (C=N–C) groups is 1. The Bertz CT molecular complexity index is 96.3. The summed E-state index contributed by atoms with van der Waals surface area (Å²) in [6, 6.07) is 0. The highest BCUT2D eigenvalue weighted by Gasteiger charge is 1.97. The van der Waals surface area contributed by atoms with Gasteiger partial charge < -0.3 is 4.90 Å². The molecule has 0 aromatic rings. The van der Waals surface area contributed by atoms with E-state index in [-0.39, 0.29) is 0 Å². The van der Waals surface area contributed by atoms with E-state index < -0.39 is 0 Å². The smallest absolute Gasteiger partial charge is 0.0896 e. The molecule has 2 heteroatoms. The molecule has 0 aliphatic carbocycles. The Morgan fingerprint density at radius 2 is 2.71 bits per heavy atom. The quantitative estimate of drug-likeness (QED) is 0.456. The highest BCUT2D eigenvalue weighted by Crippen LogP contribution is 1.89. The molecule has 0 aromatic heterocycles. The van der Waals surface area contributed by atoms with Crippen molar-refractivity contribution in [3.05, 3.63) is 12.8 Å². The first-order valence-electron chi connectivity index (χ1n) is 2.23. The topological polar surface area (TPSA) is 15.6 Å². The molecule has 7 heavy (non-hydrogen) atoms. The molecule has 1 aliphatic rings. The SMILES string of the molecule is C=[C]N1C=NCC1. The molecule has 0 atom stereocenters. The van der Waals surface area contributed by atoms with Crippen LogP contribution in [0, 0.1) is 6.20 Å². The molecular weight excluding hydrogens is 88.1 g/mol. The first kappa shape index (κ1) is 4.37. The number of nitrogens with zero attached hydrogens (tertiary/aromatic N) is 2. The summed E-state index contributed by atoms with van der Waals surface area (Å²) in [5.74, 6) is 0. The van der Waals surface area contributed by atoms with Gasteiger partial charge >= 0.3 is 0 Å². The van der Waals surface area contributed by atoms with Crippen LogP contribution in [0.25, 0.3) is 0 Å². The van der Waals surface area contributed by atoms with Gasteiger partial charge in [-0.2, -0.15) is 0 Å². The van der Waals surface area contributed by atoms with Crippen molar-refractivity contribution in [2.75, 3.05) is 13.1 Å². The molecule has 0 unspecified atom stereocenters. The molecule has 1 heterocycles. The van der Waals surface area contributed by atoms with Gasteiger partial charge in [0, 0.05) is 6.54 Å². The van der Waals surface area contributed by atoms with Crippen molar-refractivity contribution in [3.8, 4) is 0 Å². The van der Waals surface area contributed by atoms with E-state index in [1.807, 2.05) is 4.90 Å². The Labute approximate surface area is 43.2 Å². The minimum atomic E-state index is 0.891. The average Bonchev–Trinajstić information content (AvgIpc) is 2.14. The molecule has 0 aromatic carbocycles.